The van der Waals surface area contributed by atoms with Gasteiger partial charge in [-0.1, -0.05) is 25.4 Å². The van der Waals surface area contributed by atoms with E-state index in [4.69, 9.17) is 31.9 Å². The van der Waals surface area contributed by atoms with Gasteiger partial charge in [-0.3, -0.25) is 0 Å². The van der Waals surface area contributed by atoms with E-state index in [0.717, 1.165) is 5.56 Å². The molecule has 0 saturated carbocycles. The summed E-state index contributed by atoms with van der Waals surface area (Å²) >= 11 is 6.24. The van der Waals surface area contributed by atoms with Crippen molar-refractivity contribution in [2.45, 2.75) is 32.7 Å². The second kappa shape index (κ2) is 9.51. The molecule has 10 heteroatoms. The summed E-state index contributed by atoms with van der Waals surface area (Å²) < 4.78 is 11.2. The molecule has 1 atom stereocenters. The maximum Gasteiger partial charge on any atom is 0.407 e. The molecule has 0 fully saturated rings. The van der Waals surface area contributed by atoms with Crippen LogP contribution in [0.25, 0.3) is 0 Å². The molecule has 0 bridgehead atoms. The Morgan fingerprint density at radius 1 is 1.31 bits per heavy atom. The molecule has 0 aliphatic carbocycles. The van der Waals surface area contributed by atoms with E-state index in [1.54, 1.807) is 13.2 Å². The normalized spacial score (nSPS) is 11.8. The molecule has 9 nitrogen and oxygen atoms in total. The number of halogens is 1. The number of amides is 1. The monoisotopic (exact) mass is 423 g/mol. The van der Waals surface area contributed by atoms with Crippen LogP contribution in [0.5, 0.6) is 17.2 Å². The Hall–Kier alpha value is -2.94. The second-order valence-electron chi connectivity index (χ2n) is 6.93. The number of aromatic nitrogens is 2. The van der Waals surface area contributed by atoms with E-state index in [-0.39, 0.29) is 36.0 Å². The lowest BCUT2D eigenvalue weighted by Crippen LogP contribution is -2.35. The number of rotatable bonds is 8. The van der Waals surface area contributed by atoms with E-state index in [9.17, 15) is 4.79 Å². The molecule has 2 rings (SSSR count). The van der Waals surface area contributed by atoms with Gasteiger partial charge in [0.1, 0.15) is 11.5 Å². The fourth-order valence-electron chi connectivity index (χ4n) is 2.65. The van der Waals surface area contributed by atoms with Crippen molar-refractivity contribution in [1.29, 1.82) is 0 Å². The van der Waals surface area contributed by atoms with Crippen LogP contribution in [0, 0.1) is 0 Å². The molecule has 0 saturated heterocycles. The first kappa shape index (κ1) is 22.4. The van der Waals surface area contributed by atoms with Gasteiger partial charge in [-0.2, -0.15) is 4.98 Å². The third kappa shape index (κ3) is 5.77. The van der Waals surface area contributed by atoms with Crippen LogP contribution in [0.1, 0.15) is 32.3 Å². The van der Waals surface area contributed by atoms with Crippen molar-refractivity contribution in [3.05, 3.63) is 28.9 Å². The highest BCUT2D eigenvalue weighted by Gasteiger charge is 2.17. The maximum absolute atomic E-state index is 10.9. The van der Waals surface area contributed by atoms with Crippen molar-refractivity contribution in [3.63, 3.8) is 0 Å². The molecule has 1 unspecified atom stereocenters. The minimum absolute atomic E-state index is 0.142. The average molecular weight is 424 g/mol. The first-order valence-corrected chi connectivity index (χ1v) is 9.38. The van der Waals surface area contributed by atoms with Crippen molar-refractivity contribution in [2.24, 2.45) is 0 Å². The Morgan fingerprint density at radius 2 is 2.00 bits per heavy atom. The number of carboxylic acid groups (broad SMARTS) is 1. The Bertz CT molecular complexity index is 878. The third-order valence-electron chi connectivity index (χ3n) is 4.16. The number of nitrogens with zero attached hydrogens (tertiary/aromatic N) is 3. The first-order chi connectivity index (χ1) is 13.6. The van der Waals surface area contributed by atoms with Gasteiger partial charge >= 0.3 is 6.09 Å². The summed E-state index contributed by atoms with van der Waals surface area (Å²) in [5.74, 6) is 1.96. The number of methoxy groups -OCH3 is 1. The van der Waals surface area contributed by atoms with Crippen LogP contribution in [-0.4, -0.2) is 52.8 Å². The number of nitrogens with two attached hydrogens (primary N) is 1. The van der Waals surface area contributed by atoms with E-state index < -0.39 is 6.09 Å². The summed E-state index contributed by atoms with van der Waals surface area (Å²) in [5, 5.41) is 12.4. The zero-order chi connectivity index (χ0) is 21.7. The Balaban J connectivity index is 2.19. The molecule has 29 heavy (non-hydrogen) atoms. The molecular weight excluding hydrogens is 398 g/mol. The number of carbonyl (C=O) groups is 1. The summed E-state index contributed by atoms with van der Waals surface area (Å²) in [4.78, 5) is 20.5. The van der Waals surface area contributed by atoms with Crippen molar-refractivity contribution in [3.8, 4) is 17.2 Å². The SMILES string of the molecule is COc1cc(C(C)C)c(Oc2cnc(NC(C)CN(C)C(=O)O)nc2N)cc1Cl. The smallest absolute Gasteiger partial charge is 0.407 e. The highest BCUT2D eigenvalue weighted by atomic mass is 35.5. The zero-order valence-corrected chi connectivity index (χ0v) is 17.8. The summed E-state index contributed by atoms with van der Waals surface area (Å²) in [6.07, 6.45) is 0.447. The minimum Gasteiger partial charge on any atom is -0.495 e. The van der Waals surface area contributed by atoms with Crippen molar-refractivity contribution >= 4 is 29.5 Å². The van der Waals surface area contributed by atoms with Crippen molar-refractivity contribution in [1.82, 2.24) is 14.9 Å². The van der Waals surface area contributed by atoms with E-state index in [1.807, 2.05) is 26.8 Å². The number of benzene rings is 1. The van der Waals surface area contributed by atoms with Crippen molar-refractivity contribution < 1.29 is 19.4 Å². The van der Waals surface area contributed by atoms with Crippen LogP contribution in [0.3, 0.4) is 0 Å². The van der Waals surface area contributed by atoms with Gasteiger partial charge in [0.15, 0.2) is 11.6 Å². The van der Waals surface area contributed by atoms with Crippen LogP contribution in [0.2, 0.25) is 5.02 Å². The van der Waals surface area contributed by atoms with Crippen LogP contribution >= 0.6 is 11.6 Å². The summed E-state index contributed by atoms with van der Waals surface area (Å²) in [6, 6.07) is 3.29. The number of likely N-dealkylation sites (N-methyl/N-ethyl adjacent to an activating group) is 1. The minimum atomic E-state index is -1.01. The van der Waals surface area contributed by atoms with E-state index in [0.29, 0.717) is 16.5 Å². The van der Waals surface area contributed by atoms with Gasteiger partial charge in [0.05, 0.1) is 18.3 Å². The summed E-state index contributed by atoms with van der Waals surface area (Å²) in [6.45, 7) is 6.13. The maximum atomic E-state index is 10.9. The van der Waals surface area contributed by atoms with Gasteiger partial charge in [-0.05, 0) is 18.9 Å². The molecule has 1 heterocycles. The fraction of sp³-hybridized carbons (Fsp3) is 0.421. The molecule has 0 radical (unpaired) electrons. The molecule has 1 aromatic carbocycles. The van der Waals surface area contributed by atoms with Crippen LogP contribution in [0.15, 0.2) is 18.3 Å². The topological polar surface area (TPSA) is 123 Å². The Labute approximate surface area is 174 Å². The van der Waals surface area contributed by atoms with E-state index in [2.05, 4.69) is 15.3 Å². The number of hydrogen-bond donors (Lipinski definition) is 3. The number of nitrogen functional groups attached to an aromatic ring is 1. The number of anilines is 2. The predicted octanol–water partition coefficient (Wildman–Crippen LogP) is 4.05. The lowest BCUT2D eigenvalue weighted by molar-refractivity contribution is 0.155. The van der Waals surface area contributed by atoms with Gasteiger partial charge in [0.25, 0.3) is 0 Å². The van der Waals surface area contributed by atoms with Gasteiger partial charge < -0.3 is 30.5 Å². The standard InChI is InChI=1S/C19H26ClN5O4/c1-10(2)12-6-15(28-5)13(20)7-14(12)29-16-8-22-18(24-17(16)21)23-11(3)9-25(4)19(26)27/h6-8,10-11H,9H2,1-5H3,(H,26,27)(H3,21,22,23,24). The number of nitrogens with one attached hydrogen (secondary N) is 1. The summed E-state index contributed by atoms with van der Waals surface area (Å²) in [5.41, 5.74) is 6.94. The highest BCUT2D eigenvalue weighted by Crippen LogP contribution is 2.39. The van der Waals surface area contributed by atoms with Gasteiger partial charge in [-0.15, -0.1) is 0 Å². The lowest BCUT2D eigenvalue weighted by Gasteiger charge is -2.20. The fourth-order valence-corrected chi connectivity index (χ4v) is 2.88. The van der Waals surface area contributed by atoms with Gasteiger partial charge in [0, 0.05) is 31.3 Å². The molecule has 0 aliphatic rings. The molecule has 0 aliphatic heterocycles. The van der Waals surface area contributed by atoms with Crippen molar-refractivity contribution in [2.75, 3.05) is 31.8 Å². The zero-order valence-electron chi connectivity index (χ0n) is 17.1. The van der Waals surface area contributed by atoms with E-state index >= 15 is 0 Å². The molecule has 1 aromatic heterocycles. The van der Waals surface area contributed by atoms with Gasteiger partial charge in [-0.25, -0.2) is 9.78 Å². The second-order valence-corrected chi connectivity index (χ2v) is 7.34. The average Bonchev–Trinajstić information content (AvgIpc) is 2.63. The quantitative estimate of drug-likeness (QED) is 0.581. The lowest BCUT2D eigenvalue weighted by atomic mass is 10.0. The summed E-state index contributed by atoms with van der Waals surface area (Å²) in [7, 11) is 3.04. The Kier molecular flexibility index (Phi) is 7.33. The molecule has 0 spiro atoms. The first-order valence-electron chi connectivity index (χ1n) is 9.00. The van der Waals surface area contributed by atoms with E-state index in [1.165, 1.54) is 18.1 Å². The van der Waals surface area contributed by atoms with Crippen LogP contribution in [0.4, 0.5) is 16.6 Å². The molecule has 158 valence electrons. The molecule has 4 N–H and O–H groups in total. The Morgan fingerprint density at radius 3 is 2.55 bits per heavy atom. The van der Waals surface area contributed by atoms with Crippen LogP contribution < -0.4 is 20.5 Å². The molecule has 1 amide bonds. The number of ether oxygens (including phenoxy) is 2. The van der Waals surface area contributed by atoms with Gasteiger partial charge in [0.2, 0.25) is 5.95 Å². The molecular formula is C19H26ClN5O4. The van der Waals surface area contributed by atoms with Crippen LogP contribution in [-0.2, 0) is 0 Å². The predicted molar refractivity (Wildman–Crippen MR) is 112 cm³/mol. The third-order valence-corrected chi connectivity index (χ3v) is 4.45. The highest BCUT2D eigenvalue weighted by molar-refractivity contribution is 6.32. The molecule has 2 aromatic rings. The largest absolute Gasteiger partial charge is 0.495 e. The number of hydrogen-bond acceptors (Lipinski definition) is 7.